The van der Waals surface area contributed by atoms with Gasteiger partial charge in [-0.15, -0.1) is 0 Å². The normalized spacial score (nSPS) is 12.0. The Hall–Kier alpha value is -3.74. The predicted octanol–water partition coefficient (Wildman–Crippen LogP) is 2.87. The summed E-state index contributed by atoms with van der Waals surface area (Å²) in [4.78, 5) is 11.9. The van der Waals surface area contributed by atoms with Crippen LogP contribution in [0.3, 0.4) is 0 Å². The first kappa shape index (κ1) is 21.0. The van der Waals surface area contributed by atoms with Crippen molar-refractivity contribution in [2.45, 2.75) is 17.9 Å². The molecule has 152 valence electrons. The van der Waals surface area contributed by atoms with Crippen molar-refractivity contribution in [3.05, 3.63) is 78.5 Å². The molecule has 3 rings (SSSR count). The van der Waals surface area contributed by atoms with Gasteiger partial charge in [0.25, 0.3) is 0 Å². The minimum absolute atomic E-state index is 0.0165. The molecule has 0 saturated carbocycles. The highest BCUT2D eigenvalue weighted by molar-refractivity contribution is 7.89. The summed E-state index contributed by atoms with van der Waals surface area (Å²) >= 11 is 0. The zero-order chi connectivity index (χ0) is 21.9. The van der Waals surface area contributed by atoms with E-state index in [0.717, 1.165) is 5.56 Å². The molecule has 2 N–H and O–H groups in total. The summed E-state index contributed by atoms with van der Waals surface area (Å²) in [7, 11) is -3.82. The molecule has 1 atom stereocenters. The highest BCUT2D eigenvalue weighted by Crippen LogP contribution is 2.28. The van der Waals surface area contributed by atoms with Crippen molar-refractivity contribution in [2.75, 3.05) is 0 Å². The second-order valence-electron chi connectivity index (χ2n) is 6.41. The zero-order valence-corrected chi connectivity index (χ0v) is 16.8. The second-order valence-corrected chi connectivity index (χ2v) is 7.97. The minimum Gasteiger partial charge on any atom is -0.452 e. The van der Waals surface area contributed by atoms with E-state index < -0.39 is 22.1 Å². The average molecular weight is 422 g/mol. The quantitative estimate of drug-likeness (QED) is 0.369. The Morgan fingerprint density at radius 2 is 1.83 bits per heavy atom. The maximum absolute atomic E-state index is 11.9. The van der Waals surface area contributed by atoms with Gasteiger partial charge in [0.15, 0.2) is 0 Å². The van der Waals surface area contributed by atoms with Crippen molar-refractivity contribution >= 4 is 16.0 Å². The molecule has 1 heterocycles. The second kappa shape index (κ2) is 8.32. The van der Waals surface area contributed by atoms with Gasteiger partial charge in [-0.25, -0.2) is 23.0 Å². The van der Waals surface area contributed by atoms with E-state index in [-0.39, 0.29) is 10.5 Å². The number of esters is 1. The maximum Gasteiger partial charge on any atom is 0.348 e. The number of rotatable bonds is 6. The summed E-state index contributed by atoms with van der Waals surface area (Å²) < 4.78 is 29.9. The number of primary sulfonamides is 1. The molecule has 0 saturated heterocycles. The third kappa shape index (κ3) is 4.46. The smallest absolute Gasteiger partial charge is 0.348 e. The molecule has 0 aliphatic carbocycles. The monoisotopic (exact) mass is 422 g/mol. The molecule has 0 amide bonds. The fourth-order valence-corrected chi connectivity index (χ4v) is 3.24. The average Bonchev–Trinajstić information content (AvgIpc) is 3.19. The summed E-state index contributed by atoms with van der Waals surface area (Å²) in [6, 6.07) is 18.8. The molecule has 1 unspecified atom stereocenters. The molecule has 0 fully saturated rings. The van der Waals surface area contributed by atoms with Gasteiger partial charge in [0.1, 0.15) is 23.4 Å². The van der Waals surface area contributed by atoms with Crippen LogP contribution in [0.5, 0.6) is 0 Å². The molecule has 2 aromatic carbocycles. The number of nitrogens with zero attached hydrogens (tertiary/aromatic N) is 3. The summed E-state index contributed by atoms with van der Waals surface area (Å²) in [5, 5.41) is 18.5. The molecule has 0 spiro atoms. The summed E-state index contributed by atoms with van der Waals surface area (Å²) in [5.41, 5.74) is 2.29. The number of benzene rings is 2. The first-order valence-corrected chi connectivity index (χ1v) is 10.3. The van der Waals surface area contributed by atoms with Crippen molar-refractivity contribution in [2.24, 2.45) is 5.14 Å². The Balaban J connectivity index is 2.04. The number of aromatic nitrogens is 2. The van der Waals surface area contributed by atoms with Crippen molar-refractivity contribution in [3.63, 3.8) is 0 Å². The Kier molecular flexibility index (Phi) is 5.82. The number of carbonyl (C=O) groups excluding carboxylic acids is 1. The van der Waals surface area contributed by atoms with Gasteiger partial charge in [-0.2, -0.15) is 10.4 Å². The Labute approximate surface area is 173 Å². The summed E-state index contributed by atoms with van der Waals surface area (Å²) in [6.45, 7) is 4.98. The van der Waals surface area contributed by atoms with Gasteiger partial charge in [-0.3, -0.25) is 0 Å². The van der Waals surface area contributed by atoms with Crippen LogP contribution >= 0.6 is 0 Å². The van der Waals surface area contributed by atoms with Gasteiger partial charge >= 0.3 is 5.97 Å². The van der Waals surface area contributed by atoms with E-state index in [1.165, 1.54) is 12.1 Å². The predicted molar refractivity (Wildman–Crippen MR) is 110 cm³/mol. The van der Waals surface area contributed by atoms with E-state index in [4.69, 9.17) is 15.1 Å². The van der Waals surface area contributed by atoms with E-state index in [1.54, 1.807) is 35.9 Å². The number of nitrogens with two attached hydrogens (primary N) is 1. The molecule has 1 aromatic heterocycles. The van der Waals surface area contributed by atoms with Crippen molar-refractivity contribution in [3.8, 4) is 23.0 Å². The Morgan fingerprint density at radius 3 is 2.40 bits per heavy atom. The lowest BCUT2D eigenvalue weighted by atomic mass is 10.1. The van der Waals surface area contributed by atoms with E-state index in [9.17, 15) is 13.2 Å². The van der Waals surface area contributed by atoms with Crippen LogP contribution in [0.2, 0.25) is 0 Å². The summed E-state index contributed by atoms with van der Waals surface area (Å²) in [6.07, 6.45) is -0.741. The topological polar surface area (TPSA) is 128 Å². The minimum atomic E-state index is -3.82. The van der Waals surface area contributed by atoms with Gasteiger partial charge in [0.05, 0.1) is 16.3 Å². The van der Waals surface area contributed by atoms with Gasteiger partial charge < -0.3 is 4.74 Å². The first-order valence-electron chi connectivity index (χ1n) is 8.79. The third-order valence-corrected chi connectivity index (χ3v) is 5.22. The van der Waals surface area contributed by atoms with Gasteiger partial charge in [0.2, 0.25) is 10.0 Å². The first-order chi connectivity index (χ1) is 14.2. The van der Waals surface area contributed by atoms with E-state index in [2.05, 4.69) is 11.7 Å². The number of sulfonamides is 1. The SMILES string of the molecule is C=C(C#N)C(=O)OC(C)c1cc(-c2ccccc2)n(-c2ccc(S(N)(=O)=O)cc2)n1. The van der Waals surface area contributed by atoms with E-state index in [0.29, 0.717) is 17.1 Å². The zero-order valence-electron chi connectivity index (χ0n) is 16.0. The largest absolute Gasteiger partial charge is 0.452 e. The number of carbonyl (C=O) groups is 1. The number of ether oxygens (including phenoxy) is 1. The van der Waals surface area contributed by atoms with Crippen LogP contribution in [0, 0.1) is 11.3 Å². The maximum atomic E-state index is 11.9. The molecule has 0 aliphatic heterocycles. The van der Waals surface area contributed by atoms with Crippen LogP contribution in [0.4, 0.5) is 0 Å². The highest BCUT2D eigenvalue weighted by Gasteiger charge is 2.20. The van der Waals surface area contributed by atoms with Crippen LogP contribution in [0.15, 0.2) is 77.7 Å². The molecule has 3 aromatic rings. The van der Waals surface area contributed by atoms with Crippen LogP contribution in [0.25, 0.3) is 16.9 Å². The van der Waals surface area contributed by atoms with Crippen molar-refractivity contribution < 1.29 is 17.9 Å². The van der Waals surface area contributed by atoms with Gasteiger partial charge in [0, 0.05) is 5.56 Å². The van der Waals surface area contributed by atoms with Crippen LogP contribution < -0.4 is 5.14 Å². The van der Waals surface area contributed by atoms with E-state index >= 15 is 0 Å². The Morgan fingerprint density at radius 1 is 1.20 bits per heavy atom. The van der Waals surface area contributed by atoms with Gasteiger partial charge in [-0.1, -0.05) is 36.9 Å². The molecule has 9 heteroatoms. The van der Waals surface area contributed by atoms with Crippen LogP contribution in [-0.2, 0) is 19.6 Å². The standard InChI is InChI=1S/C21H18N4O4S/c1-14(13-22)21(26)29-15(2)19-12-20(16-6-4-3-5-7-16)25(24-19)17-8-10-18(11-9-17)30(23,27)28/h3-12,15H,1H2,2H3,(H2,23,27,28). The van der Waals surface area contributed by atoms with Crippen LogP contribution in [-0.4, -0.2) is 24.2 Å². The fraction of sp³-hybridized carbons (Fsp3) is 0.0952. The third-order valence-electron chi connectivity index (χ3n) is 4.29. The number of hydrogen-bond acceptors (Lipinski definition) is 6. The molecule has 0 radical (unpaired) electrons. The number of hydrogen-bond donors (Lipinski definition) is 1. The van der Waals surface area contributed by atoms with Gasteiger partial charge in [-0.05, 0) is 37.3 Å². The number of nitriles is 1. The molecular weight excluding hydrogens is 404 g/mol. The Bertz CT molecular complexity index is 1240. The van der Waals surface area contributed by atoms with Crippen LogP contribution in [0.1, 0.15) is 18.7 Å². The molecule has 8 nitrogen and oxygen atoms in total. The van der Waals surface area contributed by atoms with Crippen molar-refractivity contribution in [1.29, 1.82) is 5.26 Å². The molecule has 0 bridgehead atoms. The molecular formula is C21H18N4O4S. The highest BCUT2D eigenvalue weighted by atomic mass is 32.2. The lowest BCUT2D eigenvalue weighted by Crippen LogP contribution is -2.12. The van der Waals surface area contributed by atoms with Crippen molar-refractivity contribution in [1.82, 2.24) is 9.78 Å². The lowest BCUT2D eigenvalue weighted by molar-refractivity contribution is -0.143. The molecule has 0 aliphatic rings. The fourth-order valence-electron chi connectivity index (χ4n) is 2.72. The molecule has 30 heavy (non-hydrogen) atoms. The lowest BCUT2D eigenvalue weighted by Gasteiger charge is -2.10. The summed E-state index contributed by atoms with van der Waals surface area (Å²) in [5.74, 6) is -0.821. The van der Waals surface area contributed by atoms with E-state index in [1.807, 2.05) is 30.3 Å².